The molecule has 0 aliphatic rings. The first kappa shape index (κ1) is 10.2. The molecular weight excluding hydrogens is 261 g/mol. The molecule has 0 atom stereocenters. The van der Waals surface area contributed by atoms with Crippen LogP contribution in [-0.4, -0.2) is 9.97 Å². The number of hydrogen-bond acceptors (Lipinski definition) is 2. The molecule has 2 N–H and O–H groups in total. The van der Waals surface area contributed by atoms with Crippen molar-refractivity contribution in [2.24, 2.45) is 0 Å². The van der Waals surface area contributed by atoms with Crippen LogP contribution in [0.3, 0.4) is 0 Å². The average molecular weight is 270 g/mol. The summed E-state index contributed by atoms with van der Waals surface area (Å²) in [7, 11) is 0. The molecule has 5 heteroatoms. The minimum Gasteiger partial charge on any atom is -0.328 e. The molecule has 1 aromatic carbocycles. The third-order valence-corrected chi connectivity index (χ3v) is 2.38. The molecule has 78 valence electrons. The quantitative estimate of drug-likeness (QED) is 0.878. The molecule has 15 heavy (non-hydrogen) atoms. The van der Waals surface area contributed by atoms with Gasteiger partial charge < -0.3 is 10.3 Å². The van der Waals surface area contributed by atoms with Gasteiger partial charge in [-0.1, -0.05) is 15.9 Å². The first-order valence-electron chi connectivity index (χ1n) is 4.39. The summed E-state index contributed by atoms with van der Waals surface area (Å²) in [6, 6.07) is 4.82. The monoisotopic (exact) mass is 269 g/mol. The Morgan fingerprint density at radius 3 is 2.87 bits per heavy atom. The molecule has 0 amide bonds. The number of aryl methyl sites for hydroxylation is 1. The van der Waals surface area contributed by atoms with E-state index in [1.807, 2.05) is 6.92 Å². The maximum absolute atomic E-state index is 13.4. The van der Waals surface area contributed by atoms with Crippen molar-refractivity contribution < 1.29 is 4.39 Å². The summed E-state index contributed by atoms with van der Waals surface area (Å²) in [6.45, 7) is 1.89. The summed E-state index contributed by atoms with van der Waals surface area (Å²) in [5.41, 5.74) is 1.32. The van der Waals surface area contributed by atoms with Crippen LogP contribution in [0.15, 0.2) is 28.9 Å². The number of hydrogen-bond donors (Lipinski definition) is 2. The predicted molar refractivity (Wildman–Crippen MR) is 60.7 cm³/mol. The van der Waals surface area contributed by atoms with Gasteiger partial charge in [0.1, 0.15) is 5.82 Å². The lowest BCUT2D eigenvalue weighted by Gasteiger charge is -2.04. The van der Waals surface area contributed by atoms with Crippen molar-refractivity contribution in [1.82, 2.24) is 9.97 Å². The smallest absolute Gasteiger partial charge is 0.204 e. The van der Waals surface area contributed by atoms with Gasteiger partial charge in [-0.25, -0.2) is 9.37 Å². The highest BCUT2D eigenvalue weighted by Gasteiger charge is 2.04. The van der Waals surface area contributed by atoms with Crippen molar-refractivity contribution >= 4 is 27.6 Å². The SMILES string of the molecule is Cc1cnc(Nc2ccc(Br)cc2F)[nH]1. The van der Waals surface area contributed by atoms with Gasteiger partial charge in [0.2, 0.25) is 5.95 Å². The van der Waals surface area contributed by atoms with E-state index in [-0.39, 0.29) is 5.82 Å². The Kier molecular flexibility index (Phi) is 2.73. The van der Waals surface area contributed by atoms with Crippen LogP contribution < -0.4 is 5.32 Å². The van der Waals surface area contributed by atoms with Gasteiger partial charge in [-0.15, -0.1) is 0 Å². The van der Waals surface area contributed by atoms with Crippen molar-refractivity contribution in [2.45, 2.75) is 6.92 Å². The summed E-state index contributed by atoms with van der Waals surface area (Å²) < 4.78 is 14.1. The Morgan fingerprint density at radius 1 is 1.47 bits per heavy atom. The normalized spacial score (nSPS) is 10.3. The zero-order valence-electron chi connectivity index (χ0n) is 8.01. The number of H-pyrrole nitrogens is 1. The minimum atomic E-state index is -0.321. The van der Waals surface area contributed by atoms with Crippen molar-refractivity contribution in [3.8, 4) is 0 Å². The van der Waals surface area contributed by atoms with Crippen LogP contribution in [0.2, 0.25) is 0 Å². The summed E-state index contributed by atoms with van der Waals surface area (Å²) in [6.07, 6.45) is 1.68. The summed E-state index contributed by atoms with van der Waals surface area (Å²) in [5, 5.41) is 2.86. The van der Waals surface area contributed by atoms with E-state index >= 15 is 0 Å². The average Bonchev–Trinajstić information content (AvgIpc) is 2.56. The number of anilines is 2. The Labute approximate surface area is 94.9 Å². The molecule has 0 radical (unpaired) electrons. The highest BCUT2D eigenvalue weighted by atomic mass is 79.9. The van der Waals surface area contributed by atoms with Gasteiger partial charge in [0, 0.05) is 16.4 Å². The Balaban J connectivity index is 2.24. The molecule has 1 aromatic heterocycles. The van der Waals surface area contributed by atoms with Crippen molar-refractivity contribution in [3.05, 3.63) is 40.4 Å². The topological polar surface area (TPSA) is 40.7 Å². The number of nitrogens with one attached hydrogen (secondary N) is 2. The second-order valence-electron chi connectivity index (χ2n) is 3.16. The zero-order valence-corrected chi connectivity index (χ0v) is 9.60. The second kappa shape index (κ2) is 4.02. The lowest BCUT2D eigenvalue weighted by Crippen LogP contribution is -1.95. The van der Waals surface area contributed by atoms with Crippen LogP contribution >= 0.6 is 15.9 Å². The van der Waals surface area contributed by atoms with E-state index in [0.717, 1.165) is 5.69 Å². The third kappa shape index (κ3) is 2.36. The van der Waals surface area contributed by atoms with E-state index in [1.54, 1.807) is 18.3 Å². The number of benzene rings is 1. The minimum absolute atomic E-state index is 0.321. The Morgan fingerprint density at radius 2 is 2.27 bits per heavy atom. The van der Waals surface area contributed by atoms with Gasteiger partial charge >= 0.3 is 0 Å². The predicted octanol–water partition coefficient (Wildman–Crippen LogP) is 3.36. The van der Waals surface area contributed by atoms with Gasteiger partial charge in [0.25, 0.3) is 0 Å². The van der Waals surface area contributed by atoms with Gasteiger partial charge in [0.15, 0.2) is 0 Å². The molecule has 0 bridgehead atoms. The van der Waals surface area contributed by atoms with E-state index < -0.39 is 0 Å². The number of aromatic amines is 1. The van der Waals surface area contributed by atoms with Crippen LogP contribution in [0.1, 0.15) is 5.69 Å². The molecule has 3 nitrogen and oxygen atoms in total. The number of aromatic nitrogens is 2. The van der Waals surface area contributed by atoms with Crippen LogP contribution in [0, 0.1) is 12.7 Å². The van der Waals surface area contributed by atoms with Crippen LogP contribution in [-0.2, 0) is 0 Å². The fourth-order valence-corrected chi connectivity index (χ4v) is 1.53. The van der Waals surface area contributed by atoms with Crippen molar-refractivity contribution in [1.29, 1.82) is 0 Å². The fraction of sp³-hybridized carbons (Fsp3) is 0.100. The zero-order chi connectivity index (χ0) is 10.8. The van der Waals surface area contributed by atoms with Crippen molar-refractivity contribution in [2.75, 3.05) is 5.32 Å². The highest BCUT2D eigenvalue weighted by molar-refractivity contribution is 9.10. The van der Waals surface area contributed by atoms with Crippen LogP contribution in [0.5, 0.6) is 0 Å². The fourth-order valence-electron chi connectivity index (χ4n) is 1.19. The molecule has 0 unspecified atom stereocenters. The highest BCUT2D eigenvalue weighted by Crippen LogP contribution is 2.21. The van der Waals surface area contributed by atoms with Gasteiger partial charge in [0.05, 0.1) is 5.69 Å². The molecule has 2 aromatic rings. The Hall–Kier alpha value is -1.36. The number of halogens is 2. The summed E-state index contributed by atoms with van der Waals surface area (Å²) in [4.78, 5) is 7.00. The number of nitrogens with zero attached hydrogens (tertiary/aromatic N) is 1. The lowest BCUT2D eigenvalue weighted by molar-refractivity contribution is 0.631. The first-order chi connectivity index (χ1) is 7.15. The maximum atomic E-state index is 13.4. The summed E-state index contributed by atoms with van der Waals surface area (Å²) in [5.74, 6) is 0.215. The van der Waals surface area contributed by atoms with E-state index in [0.29, 0.717) is 16.1 Å². The molecule has 0 fully saturated rings. The molecule has 0 saturated carbocycles. The van der Waals surface area contributed by atoms with Crippen LogP contribution in [0.4, 0.5) is 16.0 Å². The van der Waals surface area contributed by atoms with Gasteiger partial charge in [-0.3, -0.25) is 0 Å². The maximum Gasteiger partial charge on any atom is 0.204 e. The van der Waals surface area contributed by atoms with Crippen molar-refractivity contribution in [3.63, 3.8) is 0 Å². The summed E-state index contributed by atoms with van der Waals surface area (Å²) >= 11 is 3.19. The largest absolute Gasteiger partial charge is 0.328 e. The Bertz CT molecular complexity index is 481. The molecule has 0 aliphatic heterocycles. The standard InChI is InChI=1S/C10H9BrFN3/c1-6-5-13-10(14-6)15-9-3-2-7(11)4-8(9)12/h2-5H,1H3,(H2,13,14,15). The number of imidazole rings is 1. The molecule has 0 saturated heterocycles. The van der Waals surface area contributed by atoms with E-state index in [4.69, 9.17) is 0 Å². The third-order valence-electron chi connectivity index (χ3n) is 1.89. The molecular formula is C10H9BrFN3. The molecule has 0 spiro atoms. The van der Waals surface area contributed by atoms with Gasteiger partial charge in [-0.2, -0.15) is 0 Å². The van der Waals surface area contributed by atoms with E-state index in [9.17, 15) is 4.39 Å². The molecule has 1 heterocycles. The molecule has 0 aliphatic carbocycles. The number of rotatable bonds is 2. The molecule has 2 rings (SSSR count). The lowest BCUT2D eigenvalue weighted by atomic mass is 10.3. The van der Waals surface area contributed by atoms with E-state index in [2.05, 4.69) is 31.2 Å². The van der Waals surface area contributed by atoms with Crippen LogP contribution in [0.25, 0.3) is 0 Å². The van der Waals surface area contributed by atoms with E-state index in [1.165, 1.54) is 6.07 Å². The van der Waals surface area contributed by atoms with Gasteiger partial charge in [-0.05, 0) is 25.1 Å². The first-order valence-corrected chi connectivity index (χ1v) is 5.18. The second-order valence-corrected chi connectivity index (χ2v) is 4.08.